The fourth-order valence-corrected chi connectivity index (χ4v) is 2.38. The van der Waals surface area contributed by atoms with Crippen molar-refractivity contribution in [3.8, 4) is 5.75 Å². The molecule has 1 N–H and O–H groups in total. The number of hydrogen-bond acceptors (Lipinski definition) is 4. The summed E-state index contributed by atoms with van der Waals surface area (Å²) in [6, 6.07) is 10.6. The lowest BCUT2D eigenvalue weighted by Gasteiger charge is -2.23. The first-order valence-electron chi connectivity index (χ1n) is 8.77. The number of ether oxygens (including phenoxy) is 2. The zero-order valence-electron chi connectivity index (χ0n) is 16.0. The first-order valence-corrected chi connectivity index (χ1v) is 8.77. The summed E-state index contributed by atoms with van der Waals surface area (Å²) >= 11 is 0. The number of alkyl carbamates (subject to hydrolysis) is 1. The molecule has 0 unspecified atom stereocenters. The minimum absolute atomic E-state index is 0.0577. The lowest BCUT2D eigenvalue weighted by Crippen LogP contribution is -2.47. The predicted octanol–water partition coefficient (Wildman–Crippen LogP) is 4.05. The van der Waals surface area contributed by atoms with Gasteiger partial charge < -0.3 is 14.8 Å². The Hall–Kier alpha value is -2.96. The molecule has 2 aromatic rings. The molecule has 0 aliphatic rings. The van der Waals surface area contributed by atoms with Gasteiger partial charge in [0.15, 0.2) is 5.78 Å². The highest BCUT2D eigenvalue weighted by molar-refractivity contribution is 5.89. The van der Waals surface area contributed by atoms with Gasteiger partial charge in [-0.1, -0.05) is 30.3 Å². The third-order valence-electron chi connectivity index (χ3n) is 3.55. The second-order valence-corrected chi connectivity index (χ2v) is 7.24. The van der Waals surface area contributed by atoms with Crippen LogP contribution in [0.4, 0.5) is 13.6 Å². The maximum absolute atomic E-state index is 13.3. The van der Waals surface area contributed by atoms with Gasteiger partial charge in [-0.25, -0.2) is 13.6 Å². The molecule has 28 heavy (non-hydrogen) atoms. The summed E-state index contributed by atoms with van der Waals surface area (Å²) in [4.78, 5) is 24.8. The topological polar surface area (TPSA) is 64.6 Å². The Kier molecular flexibility index (Phi) is 7.09. The van der Waals surface area contributed by atoms with Crippen molar-refractivity contribution in [1.29, 1.82) is 0 Å². The van der Waals surface area contributed by atoms with E-state index in [9.17, 15) is 18.4 Å². The molecule has 0 aromatic heterocycles. The van der Waals surface area contributed by atoms with Crippen LogP contribution in [0.1, 0.15) is 26.3 Å². The van der Waals surface area contributed by atoms with Crippen molar-refractivity contribution in [3.05, 3.63) is 65.7 Å². The van der Waals surface area contributed by atoms with Crippen LogP contribution in [-0.2, 0) is 16.0 Å². The molecular formula is C21H23F2NO4. The SMILES string of the molecule is CC(C)(C)OC(=O)N[C@@H](COc1cc(F)cc(F)c1)C(=O)Cc1ccccc1. The molecule has 0 radical (unpaired) electrons. The second-order valence-electron chi connectivity index (χ2n) is 7.24. The van der Waals surface area contributed by atoms with E-state index in [4.69, 9.17) is 9.47 Å². The molecule has 2 aromatic carbocycles. The van der Waals surface area contributed by atoms with Gasteiger partial charge in [-0.3, -0.25) is 4.79 Å². The minimum atomic E-state index is -1.05. The summed E-state index contributed by atoms with van der Waals surface area (Å²) < 4.78 is 37.2. The van der Waals surface area contributed by atoms with Gasteiger partial charge in [-0.2, -0.15) is 0 Å². The molecule has 0 aliphatic carbocycles. The third-order valence-corrected chi connectivity index (χ3v) is 3.55. The summed E-state index contributed by atoms with van der Waals surface area (Å²) in [7, 11) is 0. The van der Waals surface area contributed by atoms with Gasteiger partial charge in [0.2, 0.25) is 0 Å². The van der Waals surface area contributed by atoms with Gasteiger partial charge in [-0.05, 0) is 26.3 Å². The van der Waals surface area contributed by atoms with Crippen LogP contribution in [0.2, 0.25) is 0 Å². The number of hydrogen-bond donors (Lipinski definition) is 1. The lowest BCUT2D eigenvalue weighted by atomic mass is 10.0. The number of nitrogens with one attached hydrogen (secondary N) is 1. The van der Waals surface area contributed by atoms with Crippen LogP contribution < -0.4 is 10.1 Å². The number of ketones is 1. The molecule has 0 spiro atoms. The summed E-state index contributed by atoms with van der Waals surface area (Å²) in [5, 5.41) is 2.47. The van der Waals surface area contributed by atoms with Gasteiger partial charge in [0, 0.05) is 24.6 Å². The van der Waals surface area contributed by atoms with Crippen LogP contribution in [-0.4, -0.2) is 30.1 Å². The van der Waals surface area contributed by atoms with Crippen LogP contribution in [0.3, 0.4) is 0 Å². The van der Waals surface area contributed by atoms with Crippen molar-refractivity contribution in [2.24, 2.45) is 0 Å². The Bertz CT molecular complexity index is 799. The van der Waals surface area contributed by atoms with Crippen LogP contribution in [0.15, 0.2) is 48.5 Å². The highest BCUT2D eigenvalue weighted by Crippen LogP contribution is 2.16. The smallest absolute Gasteiger partial charge is 0.408 e. The molecule has 0 saturated carbocycles. The molecule has 7 heteroatoms. The molecule has 0 bridgehead atoms. The molecular weight excluding hydrogens is 368 g/mol. The summed E-state index contributed by atoms with van der Waals surface area (Å²) in [5.74, 6) is -2.01. The van der Waals surface area contributed by atoms with Crippen LogP contribution >= 0.6 is 0 Å². The molecule has 0 saturated heterocycles. The Balaban J connectivity index is 2.10. The molecule has 0 fully saturated rings. The maximum Gasteiger partial charge on any atom is 0.408 e. The zero-order chi connectivity index (χ0) is 20.7. The van der Waals surface area contributed by atoms with E-state index in [1.165, 1.54) is 0 Å². The number of Topliss-reactive ketones (excluding diaryl/α,β-unsaturated/α-hetero) is 1. The molecule has 0 aliphatic heterocycles. The summed E-state index contributed by atoms with van der Waals surface area (Å²) in [6.45, 7) is 4.78. The van der Waals surface area contributed by atoms with E-state index in [0.717, 1.165) is 17.7 Å². The van der Waals surface area contributed by atoms with E-state index >= 15 is 0 Å². The van der Waals surface area contributed by atoms with Gasteiger partial charge in [-0.15, -0.1) is 0 Å². The standard InChI is InChI=1S/C21H23F2NO4/c1-21(2,3)28-20(26)24-18(19(25)9-14-7-5-4-6-8-14)13-27-17-11-15(22)10-16(23)12-17/h4-8,10-12,18H,9,13H2,1-3H3,(H,24,26)/t18-/m0/s1. The van der Waals surface area contributed by atoms with Crippen molar-refractivity contribution in [2.75, 3.05) is 6.61 Å². The number of carbonyl (C=O) groups excluding carboxylic acids is 2. The Labute approximate surface area is 162 Å². The van der Waals surface area contributed by atoms with E-state index in [2.05, 4.69) is 5.32 Å². The maximum atomic E-state index is 13.3. The monoisotopic (exact) mass is 391 g/mol. The van der Waals surface area contributed by atoms with E-state index in [0.29, 0.717) is 6.07 Å². The Morgan fingerprint density at radius 1 is 1.04 bits per heavy atom. The van der Waals surface area contributed by atoms with E-state index in [1.807, 2.05) is 6.07 Å². The van der Waals surface area contributed by atoms with E-state index in [1.54, 1.807) is 45.0 Å². The van der Waals surface area contributed by atoms with Gasteiger partial charge in [0.1, 0.15) is 35.6 Å². The molecule has 0 heterocycles. The first kappa shape index (κ1) is 21.3. The fraction of sp³-hybridized carbons (Fsp3) is 0.333. The van der Waals surface area contributed by atoms with Gasteiger partial charge in [0.05, 0.1) is 0 Å². The molecule has 1 atom stereocenters. The van der Waals surface area contributed by atoms with Crippen LogP contribution in [0.25, 0.3) is 0 Å². The van der Waals surface area contributed by atoms with Crippen molar-refractivity contribution in [1.82, 2.24) is 5.32 Å². The van der Waals surface area contributed by atoms with Crippen molar-refractivity contribution >= 4 is 11.9 Å². The number of benzene rings is 2. The van der Waals surface area contributed by atoms with E-state index in [-0.39, 0.29) is 24.6 Å². The Morgan fingerprint density at radius 3 is 2.21 bits per heavy atom. The van der Waals surface area contributed by atoms with E-state index < -0.39 is 29.4 Å². The van der Waals surface area contributed by atoms with Crippen molar-refractivity contribution in [2.45, 2.75) is 38.8 Å². The molecule has 1 amide bonds. The zero-order valence-corrected chi connectivity index (χ0v) is 16.0. The Morgan fingerprint density at radius 2 is 1.64 bits per heavy atom. The second kappa shape index (κ2) is 9.30. The highest BCUT2D eigenvalue weighted by atomic mass is 19.1. The molecule has 2 rings (SSSR count). The average molecular weight is 391 g/mol. The number of rotatable bonds is 7. The molecule has 150 valence electrons. The number of halogens is 2. The highest BCUT2D eigenvalue weighted by Gasteiger charge is 2.25. The summed E-state index contributed by atoms with van der Waals surface area (Å²) in [5.41, 5.74) is 0.0178. The minimum Gasteiger partial charge on any atom is -0.491 e. The quantitative estimate of drug-likeness (QED) is 0.773. The normalized spacial score (nSPS) is 12.2. The lowest BCUT2D eigenvalue weighted by molar-refractivity contribution is -0.121. The number of amides is 1. The first-order chi connectivity index (χ1) is 13.1. The van der Waals surface area contributed by atoms with Gasteiger partial charge in [0.25, 0.3) is 0 Å². The average Bonchev–Trinajstić information content (AvgIpc) is 2.57. The van der Waals surface area contributed by atoms with Crippen molar-refractivity contribution in [3.63, 3.8) is 0 Å². The van der Waals surface area contributed by atoms with Crippen molar-refractivity contribution < 1.29 is 27.8 Å². The fourth-order valence-electron chi connectivity index (χ4n) is 2.38. The van der Waals surface area contributed by atoms with Crippen LogP contribution in [0, 0.1) is 11.6 Å². The summed E-state index contributed by atoms with van der Waals surface area (Å²) in [6.07, 6.45) is -0.727. The molecule has 5 nitrogen and oxygen atoms in total. The predicted molar refractivity (Wildman–Crippen MR) is 100 cm³/mol. The van der Waals surface area contributed by atoms with Crippen LogP contribution in [0.5, 0.6) is 5.75 Å². The largest absolute Gasteiger partial charge is 0.491 e. The van der Waals surface area contributed by atoms with Gasteiger partial charge >= 0.3 is 6.09 Å². The third kappa shape index (κ3) is 7.34. The number of carbonyl (C=O) groups is 2.